The van der Waals surface area contributed by atoms with Crippen LogP contribution in [0.2, 0.25) is 0 Å². The number of hydrazine groups is 1. The molecule has 2 aromatic rings. The average molecular weight is 150 g/mol. The van der Waals surface area contributed by atoms with Crippen LogP contribution in [0, 0.1) is 0 Å². The highest BCUT2D eigenvalue weighted by Crippen LogP contribution is 2.06. The molecule has 0 atom stereocenters. The number of aromatic nitrogens is 4. The SMILES string of the molecule is NNc1nccn2cnnc12. The van der Waals surface area contributed by atoms with Crippen molar-refractivity contribution in [3.05, 3.63) is 18.7 Å². The first-order valence-corrected chi connectivity index (χ1v) is 3.03. The van der Waals surface area contributed by atoms with E-state index in [1.165, 1.54) is 0 Å². The van der Waals surface area contributed by atoms with Crippen LogP contribution in [0.5, 0.6) is 0 Å². The Bertz CT molecular complexity index is 366. The van der Waals surface area contributed by atoms with E-state index in [0.717, 1.165) is 0 Å². The molecule has 0 fully saturated rings. The number of hydrogen-bond acceptors (Lipinski definition) is 5. The molecule has 0 bridgehead atoms. The number of nitrogens with two attached hydrogens (primary N) is 1. The lowest BCUT2D eigenvalue weighted by Crippen LogP contribution is -2.09. The van der Waals surface area contributed by atoms with Gasteiger partial charge in [-0.1, -0.05) is 0 Å². The predicted molar refractivity (Wildman–Crippen MR) is 38.6 cm³/mol. The first-order valence-electron chi connectivity index (χ1n) is 3.03. The van der Waals surface area contributed by atoms with Crippen molar-refractivity contribution in [3.63, 3.8) is 0 Å². The van der Waals surface area contributed by atoms with E-state index >= 15 is 0 Å². The van der Waals surface area contributed by atoms with Gasteiger partial charge < -0.3 is 5.43 Å². The van der Waals surface area contributed by atoms with Crippen LogP contribution in [-0.4, -0.2) is 19.6 Å². The maximum absolute atomic E-state index is 5.18. The Morgan fingerprint density at radius 2 is 2.45 bits per heavy atom. The van der Waals surface area contributed by atoms with E-state index in [1.54, 1.807) is 23.1 Å². The van der Waals surface area contributed by atoms with Crippen molar-refractivity contribution in [2.75, 3.05) is 5.43 Å². The Kier molecular flexibility index (Phi) is 1.19. The van der Waals surface area contributed by atoms with E-state index in [4.69, 9.17) is 5.84 Å². The maximum atomic E-state index is 5.18. The molecule has 0 aliphatic rings. The molecule has 2 rings (SSSR count). The molecule has 0 aromatic carbocycles. The molecule has 0 amide bonds. The van der Waals surface area contributed by atoms with E-state index in [9.17, 15) is 0 Å². The number of rotatable bonds is 1. The third-order valence-electron chi connectivity index (χ3n) is 1.35. The van der Waals surface area contributed by atoms with E-state index in [0.29, 0.717) is 11.5 Å². The Morgan fingerprint density at radius 1 is 1.55 bits per heavy atom. The molecule has 3 N–H and O–H groups in total. The summed E-state index contributed by atoms with van der Waals surface area (Å²) in [5.41, 5.74) is 3.04. The van der Waals surface area contributed by atoms with E-state index in [2.05, 4.69) is 20.6 Å². The minimum Gasteiger partial charge on any atom is -0.305 e. The highest BCUT2D eigenvalue weighted by atomic mass is 15.3. The summed E-state index contributed by atoms with van der Waals surface area (Å²) in [5, 5.41) is 7.48. The summed E-state index contributed by atoms with van der Waals surface area (Å²) in [4.78, 5) is 3.94. The van der Waals surface area contributed by atoms with Crippen molar-refractivity contribution in [3.8, 4) is 0 Å². The molecule has 0 unspecified atom stereocenters. The summed E-state index contributed by atoms with van der Waals surface area (Å²) in [6, 6.07) is 0. The van der Waals surface area contributed by atoms with Crippen LogP contribution in [0.4, 0.5) is 5.82 Å². The molecule has 0 aliphatic carbocycles. The van der Waals surface area contributed by atoms with E-state index < -0.39 is 0 Å². The highest BCUT2D eigenvalue weighted by molar-refractivity contribution is 5.60. The fourth-order valence-corrected chi connectivity index (χ4v) is 0.860. The number of nitrogens with zero attached hydrogens (tertiary/aromatic N) is 4. The summed E-state index contributed by atoms with van der Waals surface area (Å²) >= 11 is 0. The predicted octanol–water partition coefficient (Wildman–Crippen LogP) is -0.590. The lowest BCUT2D eigenvalue weighted by Gasteiger charge is -1.97. The standard InChI is InChI=1S/C5H6N6/c6-9-4-5-10-8-3-11(5)2-1-7-4/h1-3H,6H2,(H,7,9). The third-order valence-corrected chi connectivity index (χ3v) is 1.35. The zero-order valence-corrected chi connectivity index (χ0v) is 5.60. The molecule has 0 saturated heterocycles. The first-order chi connectivity index (χ1) is 5.42. The van der Waals surface area contributed by atoms with Crippen molar-refractivity contribution in [2.24, 2.45) is 5.84 Å². The molecule has 0 aliphatic heterocycles. The second-order valence-electron chi connectivity index (χ2n) is 1.98. The van der Waals surface area contributed by atoms with Gasteiger partial charge in [0.15, 0.2) is 5.82 Å². The molecule has 2 heterocycles. The van der Waals surface area contributed by atoms with Gasteiger partial charge in [-0.05, 0) is 0 Å². The van der Waals surface area contributed by atoms with Gasteiger partial charge in [0.2, 0.25) is 5.65 Å². The molecule has 0 radical (unpaired) electrons. The summed E-state index contributed by atoms with van der Waals surface area (Å²) in [7, 11) is 0. The van der Waals surface area contributed by atoms with Gasteiger partial charge in [0, 0.05) is 12.4 Å². The van der Waals surface area contributed by atoms with Crippen molar-refractivity contribution in [1.29, 1.82) is 0 Å². The molecule has 2 aromatic heterocycles. The Morgan fingerprint density at radius 3 is 3.27 bits per heavy atom. The van der Waals surface area contributed by atoms with Gasteiger partial charge in [-0.2, -0.15) is 0 Å². The lowest BCUT2D eigenvalue weighted by atomic mass is 10.6. The summed E-state index contributed by atoms with van der Waals surface area (Å²) < 4.78 is 1.72. The van der Waals surface area contributed by atoms with Crippen molar-refractivity contribution < 1.29 is 0 Å². The maximum Gasteiger partial charge on any atom is 0.204 e. The summed E-state index contributed by atoms with van der Waals surface area (Å²) in [6.07, 6.45) is 4.94. The normalized spacial score (nSPS) is 10.3. The fourth-order valence-electron chi connectivity index (χ4n) is 0.860. The molecule has 11 heavy (non-hydrogen) atoms. The van der Waals surface area contributed by atoms with Gasteiger partial charge in [-0.15, -0.1) is 10.2 Å². The monoisotopic (exact) mass is 150 g/mol. The van der Waals surface area contributed by atoms with E-state index in [-0.39, 0.29) is 0 Å². The topological polar surface area (TPSA) is 81.1 Å². The summed E-state index contributed by atoms with van der Waals surface area (Å²) in [6.45, 7) is 0. The summed E-state index contributed by atoms with van der Waals surface area (Å²) in [5.74, 6) is 5.70. The minimum atomic E-state index is 0.519. The second kappa shape index (κ2) is 2.17. The molecule has 0 spiro atoms. The van der Waals surface area contributed by atoms with Gasteiger partial charge in [-0.3, -0.25) is 4.40 Å². The Hall–Kier alpha value is -1.69. The van der Waals surface area contributed by atoms with Crippen LogP contribution in [-0.2, 0) is 0 Å². The third kappa shape index (κ3) is 0.802. The lowest BCUT2D eigenvalue weighted by molar-refractivity contribution is 1.10. The van der Waals surface area contributed by atoms with Crippen molar-refractivity contribution in [1.82, 2.24) is 19.6 Å². The van der Waals surface area contributed by atoms with E-state index in [1.807, 2.05) is 0 Å². The Labute approximate surface area is 62.0 Å². The number of anilines is 1. The zero-order chi connectivity index (χ0) is 7.68. The Balaban J connectivity index is 2.79. The van der Waals surface area contributed by atoms with Crippen molar-refractivity contribution >= 4 is 11.5 Å². The van der Waals surface area contributed by atoms with Crippen molar-refractivity contribution in [2.45, 2.75) is 0 Å². The highest BCUT2D eigenvalue weighted by Gasteiger charge is 2.00. The van der Waals surface area contributed by atoms with Gasteiger partial charge in [0.1, 0.15) is 6.33 Å². The molecule has 6 nitrogen and oxygen atoms in total. The number of hydrogen-bond donors (Lipinski definition) is 2. The second-order valence-corrected chi connectivity index (χ2v) is 1.98. The quantitative estimate of drug-likeness (QED) is 0.419. The average Bonchev–Trinajstić information content (AvgIpc) is 2.50. The largest absolute Gasteiger partial charge is 0.305 e. The smallest absolute Gasteiger partial charge is 0.204 e. The number of nitrogens with one attached hydrogen (secondary N) is 1. The van der Waals surface area contributed by atoms with Gasteiger partial charge >= 0.3 is 0 Å². The van der Waals surface area contributed by atoms with Gasteiger partial charge in [0.25, 0.3) is 0 Å². The molecule has 0 saturated carbocycles. The van der Waals surface area contributed by atoms with Gasteiger partial charge in [-0.25, -0.2) is 10.8 Å². The van der Waals surface area contributed by atoms with Crippen LogP contribution in [0.1, 0.15) is 0 Å². The van der Waals surface area contributed by atoms with Gasteiger partial charge in [0.05, 0.1) is 0 Å². The number of nitrogen functional groups attached to an aromatic ring is 1. The molecule has 56 valence electrons. The van der Waals surface area contributed by atoms with Crippen LogP contribution >= 0.6 is 0 Å². The molecule has 6 heteroatoms. The van der Waals surface area contributed by atoms with Crippen LogP contribution in [0.15, 0.2) is 18.7 Å². The first kappa shape index (κ1) is 6.05. The fraction of sp³-hybridized carbons (Fsp3) is 0. The van der Waals surface area contributed by atoms with Crippen LogP contribution in [0.3, 0.4) is 0 Å². The van der Waals surface area contributed by atoms with Crippen LogP contribution in [0.25, 0.3) is 5.65 Å². The molecular formula is C5H6N6. The van der Waals surface area contributed by atoms with Crippen LogP contribution < -0.4 is 11.3 Å². The zero-order valence-electron chi connectivity index (χ0n) is 5.60. The minimum absolute atomic E-state index is 0.519. The number of fused-ring (bicyclic) bond motifs is 1. The molecular weight excluding hydrogens is 144 g/mol.